The van der Waals surface area contributed by atoms with Gasteiger partial charge in [0.05, 0.1) is 6.42 Å². The molecule has 1 aromatic carbocycles. The standard InChI is InChI=1S/C9H9F3IN.ClH/c10-9(11,12)5-8(14)6-1-3-7(13)4-2-6;/h1-4,8H,5,14H2;1H/t8-;/m0./s1. The van der Waals surface area contributed by atoms with E-state index < -0.39 is 18.6 Å². The predicted molar refractivity (Wildman–Crippen MR) is 64.0 cm³/mol. The van der Waals surface area contributed by atoms with Crippen molar-refractivity contribution < 1.29 is 13.2 Å². The van der Waals surface area contributed by atoms with Gasteiger partial charge < -0.3 is 5.73 Å². The van der Waals surface area contributed by atoms with Gasteiger partial charge in [-0.15, -0.1) is 12.4 Å². The van der Waals surface area contributed by atoms with Crippen LogP contribution < -0.4 is 5.73 Å². The van der Waals surface area contributed by atoms with Crippen LogP contribution in [0, 0.1) is 3.57 Å². The molecule has 0 fully saturated rings. The molecular weight excluding hydrogens is 341 g/mol. The Hall–Kier alpha value is -0.0100. The number of benzene rings is 1. The van der Waals surface area contributed by atoms with Crippen molar-refractivity contribution >= 4 is 35.0 Å². The van der Waals surface area contributed by atoms with E-state index in [0.29, 0.717) is 5.56 Å². The van der Waals surface area contributed by atoms with Gasteiger partial charge in [0.25, 0.3) is 0 Å². The zero-order valence-corrected chi connectivity index (χ0v) is 10.6. The van der Waals surface area contributed by atoms with E-state index in [1.54, 1.807) is 24.3 Å². The third-order valence-corrected chi connectivity index (χ3v) is 2.47. The molecule has 0 aliphatic carbocycles. The van der Waals surface area contributed by atoms with Gasteiger partial charge in [-0.05, 0) is 40.3 Å². The Morgan fingerprint density at radius 1 is 1.20 bits per heavy atom. The lowest BCUT2D eigenvalue weighted by atomic mass is 10.1. The van der Waals surface area contributed by atoms with Crippen LogP contribution in [0.3, 0.4) is 0 Å². The molecule has 2 N–H and O–H groups in total. The molecule has 1 aromatic rings. The zero-order chi connectivity index (χ0) is 10.8. The molecule has 1 nitrogen and oxygen atoms in total. The average molecular weight is 352 g/mol. The Balaban J connectivity index is 0.00000196. The third kappa shape index (κ3) is 5.58. The third-order valence-electron chi connectivity index (χ3n) is 1.75. The maximum absolute atomic E-state index is 12.0. The van der Waals surface area contributed by atoms with Gasteiger partial charge in [-0.3, -0.25) is 0 Å². The summed E-state index contributed by atoms with van der Waals surface area (Å²) in [7, 11) is 0. The summed E-state index contributed by atoms with van der Waals surface area (Å²) in [5, 5.41) is 0. The summed E-state index contributed by atoms with van der Waals surface area (Å²) in [6, 6.07) is 5.77. The summed E-state index contributed by atoms with van der Waals surface area (Å²) in [5.41, 5.74) is 5.93. The van der Waals surface area contributed by atoms with Crippen molar-refractivity contribution in [1.82, 2.24) is 0 Å². The molecule has 0 unspecified atom stereocenters. The first-order valence-corrected chi connectivity index (χ1v) is 5.04. The van der Waals surface area contributed by atoms with Crippen LogP contribution in [0.1, 0.15) is 18.0 Å². The van der Waals surface area contributed by atoms with Gasteiger partial charge in [0, 0.05) is 9.61 Å². The fraction of sp³-hybridized carbons (Fsp3) is 0.333. The van der Waals surface area contributed by atoms with Crippen molar-refractivity contribution in [2.24, 2.45) is 5.73 Å². The molecule has 0 radical (unpaired) electrons. The first-order valence-electron chi connectivity index (χ1n) is 3.96. The highest BCUT2D eigenvalue weighted by atomic mass is 127. The number of alkyl halides is 3. The molecule has 0 heterocycles. The Bertz CT molecular complexity index is 299. The van der Waals surface area contributed by atoms with Crippen molar-refractivity contribution in [3.63, 3.8) is 0 Å². The Kier molecular flexibility index (Phi) is 5.90. The number of halogens is 5. The lowest BCUT2D eigenvalue weighted by Crippen LogP contribution is -2.20. The smallest absolute Gasteiger partial charge is 0.324 e. The number of hydrogen-bond donors (Lipinski definition) is 1. The van der Waals surface area contributed by atoms with Gasteiger partial charge in [-0.25, -0.2) is 0 Å². The van der Waals surface area contributed by atoms with Crippen LogP contribution in [0.2, 0.25) is 0 Å². The summed E-state index contributed by atoms with van der Waals surface area (Å²) < 4.78 is 36.9. The van der Waals surface area contributed by atoms with Crippen molar-refractivity contribution in [1.29, 1.82) is 0 Å². The molecule has 6 heteroatoms. The predicted octanol–water partition coefficient (Wildman–Crippen LogP) is 3.67. The number of rotatable bonds is 2. The fourth-order valence-electron chi connectivity index (χ4n) is 1.08. The molecule has 0 amide bonds. The minimum absolute atomic E-state index is 0. The lowest BCUT2D eigenvalue weighted by molar-refractivity contribution is -0.138. The summed E-state index contributed by atoms with van der Waals surface area (Å²) in [6.07, 6.45) is -5.18. The van der Waals surface area contributed by atoms with Crippen LogP contribution >= 0.6 is 35.0 Å². The van der Waals surface area contributed by atoms with E-state index in [-0.39, 0.29) is 12.4 Å². The van der Waals surface area contributed by atoms with Crippen molar-refractivity contribution in [3.05, 3.63) is 33.4 Å². The molecule has 0 spiro atoms. The largest absolute Gasteiger partial charge is 0.390 e. The molecule has 0 bridgehead atoms. The summed E-state index contributed by atoms with van der Waals surface area (Å²) in [4.78, 5) is 0. The molecule has 0 aliphatic heterocycles. The monoisotopic (exact) mass is 351 g/mol. The van der Waals surface area contributed by atoms with Crippen LogP contribution in [-0.2, 0) is 0 Å². The van der Waals surface area contributed by atoms with Gasteiger partial charge in [-0.2, -0.15) is 13.2 Å². The molecule has 0 saturated heterocycles. The highest BCUT2D eigenvalue weighted by Crippen LogP contribution is 2.27. The number of hydrogen-bond acceptors (Lipinski definition) is 1. The molecule has 0 aliphatic rings. The molecule has 86 valence electrons. The zero-order valence-electron chi connectivity index (χ0n) is 7.59. The Morgan fingerprint density at radius 2 is 1.67 bits per heavy atom. The van der Waals surface area contributed by atoms with Gasteiger partial charge >= 0.3 is 6.18 Å². The van der Waals surface area contributed by atoms with E-state index in [1.165, 1.54) is 0 Å². The van der Waals surface area contributed by atoms with E-state index in [2.05, 4.69) is 22.6 Å². The minimum Gasteiger partial charge on any atom is -0.324 e. The second kappa shape index (κ2) is 5.91. The molecule has 0 saturated carbocycles. The quantitative estimate of drug-likeness (QED) is 0.809. The summed E-state index contributed by atoms with van der Waals surface area (Å²) >= 11 is 2.09. The van der Waals surface area contributed by atoms with Crippen molar-refractivity contribution in [3.8, 4) is 0 Å². The summed E-state index contributed by atoms with van der Waals surface area (Å²) in [6.45, 7) is 0. The van der Waals surface area contributed by atoms with Crippen molar-refractivity contribution in [2.45, 2.75) is 18.6 Å². The molecule has 1 rings (SSSR count). The molecular formula is C9H10ClF3IN. The van der Waals surface area contributed by atoms with E-state index in [4.69, 9.17) is 5.73 Å². The van der Waals surface area contributed by atoms with Crippen LogP contribution in [0.4, 0.5) is 13.2 Å². The van der Waals surface area contributed by atoms with Crippen LogP contribution in [0.5, 0.6) is 0 Å². The first-order chi connectivity index (χ1) is 6.38. The second-order valence-electron chi connectivity index (χ2n) is 2.98. The SMILES string of the molecule is Cl.N[C@@H](CC(F)(F)F)c1ccc(I)cc1. The fourth-order valence-corrected chi connectivity index (χ4v) is 1.44. The average Bonchev–Trinajstić information content (AvgIpc) is 2.02. The van der Waals surface area contributed by atoms with E-state index >= 15 is 0 Å². The van der Waals surface area contributed by atoms with E-state index in [9.17, 15) is 13.2 Å². The second-order valence-corrected chi connectivity index (χ2v) is 4.22. The molecule has 15 heavy (non-hydrogen) atoms. The van der Waals surface area contributed by atoms with Crippen LogP contribution in [0.15, 0.2) is 24.3 Å². The van der Waals surface area contributed by atoms with Crippen LogP contribution in [-0.4, -0.2) is 6.18 Å². The van der Waals surface area contributed by atoms with Gasteiger partial charge in [-0.1, -0.05) is 12.1 Å². The maximum atomic E-state index is 12.0. The minimum atomic E-state index is -4.21. The molecule has 0 aromatic heterocycles. The summed E-state index contributed by atoms with van der Waals surface area (Å²) in [5.74, 6) is 0. The van der Waals surface area contributed by atoms with E-state index in [1.807, 2.05) is 0 Å². The van der Waals surface area contributed by atoms with E-state index in [0.717, 1.165) is 3.57 Å². The van der Waals surface area contributed by atoms with Gasteiger partial charge in [0.15, 0.2) is 0 Å². The number of nitrogens with two attached hydrogens (primary N) is 1. The topological polar surface area (TPSA) is 26.0 Å². The van der Waals surface area contributed by atoms with Crippen LogP contribution in [0.25, 0.3) is 0 Å². The Morgan fingerprint density at radius 3 is 2.07 bits per heavy atom. The van der Waals surface area contributed by atoms with Crippen molar-refractivity contribution in [2.75, 3.05) is 0 Å². The van der Waals surface area contributed by atoms with Gasteiger partial charge in [0.2, 0.25) is 0 Å². The highest BCUT2D eigenvalue weighted by molar-refractivity contribution is 14.1. The molecule has 1 atom stereocenters. The first kappa shape index (κ1) is 15.0. The maximum Gasteiger partial charge on any atom is 0.390 e. The Labute approximate surface area is 106 Å². The highest BCUT2D eigenvalue weighted by Gasteiger charge is 2.30. The normalized spacial score (nSPS) is 13.1. The lowest BCUT2D eigenvalue weighted by Gasteiger charge is -2.14. The van der Waals surface area contributed by atoms with Gasteiger partial charge in [0.1, 0.15) is 0 Å².